The lowest BCUT2D eigenvalue weighted by Gasteiger charge is -2.44. The van der Waals surface area contributed by atoms with Crippen molar-refractivity contribution in [2.75, 3.05) is 31.6 Å². The van der Waals surface area contributed by atoms with Gasteiger partial charge < -0.3 is 10.1 Å². The molecule has 172 valence electrons. The summed E-state index contributed by atoms with van der Waals surface area (Å²) in [6.07, 6.45) is 4.86. The van der Waals surface area contributed by atoms with Crippen molar-refractivity contribution in [2.45, 2.75) is 37.6 Å². The number of nitrogens with one attached hydrogen (secondary N) is 1. The van der Waals surface area contributed by atoms with Crippen molar-refractivity contribution in [3.8, 4) is 0 Å². The number of fused-ring (bicyclic) bond motifs is 2. The van der Waals surface area contributed by atoms with Crippen LogP contribution in [0.4, 0.5) is 20.2 Å². The fourth-order valence-electron chi connectivity index (χ4n) is 5.69. The van der Waals surface area contributed by atoms with Crippen LogP contribution in [-0.2, 0) is 4.74 Å². The molecule has 1 spiro atoms. The zero-order valence-electron chi connectivity index (χ0n) is 18.2. The number of rotatable bonds is 4. The number of aromatic nitrogens is 2. The standard InChI is InChI=1S/C24H24F2N4OS2/c1-2-30-8-4-15(24(30)5-9-31-10-6-24)18-11-14-17(3-7-27-23(14)33-18)29-21-16(25)12-19-22(20(21)26)28-13-32-19/h3,7,11-13,15H,2,4-6,8-10H2,1H3,(H,27,29)/t15-/m1/s1. The first-order valence-electron chi connectivity index (χ1n) is 11.3. The first-order chi connectivity index (χ1) is 16.1. The van der Waals surface area contributed by atoms with Gasteiger partial charge in [-0.3, -0.25) is 4.90 Å². The maximum Gasteiger partial charge on any atom is 0.176 e. The summed E-state index contributed by atoms with van der Waals surface area (Å²) >= 11 is 2.92. The maximum atomic E-state index is 15.0. The Kier molecular flexibility index (Phi) is 5.32. The largest absolute Gasteiger partial charge is 0.381 e. The third kappa shape index (κ3) is 3.36. The van der Waals surface area contributed by atoms with Crippen molar-refractivity contribution in [2.24, 2.45) is 0 Å². The van der Waals surface area contributed by atoms with Gasteiger partial charge in [-0.25, -0.2) is 18.7 Å². The molecular weight excluding hydrogens is 462 g/mol. The summed E-state index contributed by atoms with van der Waals surface area (Å²) in [7, 11) is 0. The fourth-order valence-corrected chi connectivity index (χ4v) is 7.66. The molecule has 33 heavy (non-hydrogen) atoms. The number of benzene rings is 1. The molecule has 9 heteroatoms. The van der Waals surface area contributed by atoms with Crippen LogP contribution in [0.25, 0.3) is 20.4 Å². The van der Waals surface area contributed by atoms with E-state index >= 15 is 4.39 Å². The Balaban J connectivity index is 1.40. The third-order valence-corrected chi connectivity index (χ3v) is 9.22. The van der Waals surface area contributed by atoms with Crippen molar-refractivity contribution in [3.05, 3.63) is 46.4 Å². The summed E-state index contributed by atoms with van der Waals surface area (Å²) in [6.45, 7) is 5.93. The molecule has 2 saturated heterocycles. The Morgan fingerprint density at radius 3 is 2.91 bits per heavy atom. The highest BCUT2D eigenvalue weighted by Gasteiger charge is 2.49. The summed E-state index contributed by atoms with van der Waals surface area (Å²) < 4.78 is 36.0. The van der Waals surface area contributed by atoms with E-state index in [-0.39, 0.29) is 16.7 Å². The molecule has 1 N–H and O–H groups in total. The summed E-state index contributed by atoms with van der Waals surface area (Å²) in [4.78, 5) is 13.4. The van der Waals surface area contributed by atoms with Crippen LogP contribution in [0.2, 0.25) is 0 Å². The zero-order valence-corrected chi connectivity index (χ0v) is 19.9. The van der Waals surface area contributed by atoms with Crippen LogP contribution in [0.5, 0.6) is 0 Å². The number of thiophene rings is 1. The number of hydrogen-bond donors (Lipinski definition) is 1. The first-order valence-corrected chi connectivity index (χ1v) is 13.0. The number of ether oxygens (including phenoxy) is 1. The Morgan fingerprint density at radius 2 is 2.09 bits per heavy atom. The number of likely N-dealkylation sites (tertiary alicyclic amines) is 1. The summed E-state index contributed by atoms with van der Waals surface area (Å²) in [5.74, 6) is -0.879. The normalized spacial score (nSPS) is 20.9. The third-order valence-electron chi connectivity index (χ3n) is 7.28. The molecule has 2 aliphatic rings. The number of pyridine rings is 1. The molecule has 3 aromatic heterocycles. The van der Waals surface area contributed by atoms with Crippen LogP contribution in [-0.4, -0.2) is 46.7 Å². The van der Waals surface area contributed by atoms with Crippen molar-refractivity contribution in [3.63, 3.8) is 0 Å². The van der Waals surface area contributed by atoms with Gasteiger partial charge in [-0.2, -0.15) is 0 Å². The van der Waals surface area contributed by atoms with Crippen LogP contribution in [0, 0.1) is 11.6 Å². The van der Waals surface area contributed by atoms with Gasteiger partial charge in [-0.1, -0.05) is 6.92 Å². The molecule has 0 aliphatic carbocycles. The number of likely N-dealkylation sites (N-methyl/N-ethyl adjacent to an activating group) is 1. The second-order valence-corrected chi connectivity index (χ2v) is 10.7. The van der Waals surface area contributed by atoms with E-state index in [1.807, 2.05) is 0 Å². The summed E-state index contributed by atoms with van der Waals surface area (Å²) in [5.41, 5.74) is 2.32. The van der Waals surface area contributed by atoms with Crippen LogP contribution in [0.1, 0.15) is 37.0 Å². The number of anilines is 2. The smallest absolute Gasteiger partial charge is 0.176 e. The second kappa shape index (κ2) is 8.23. The molecule has 5 heterocycles. The number of thiazole rings is 1. The lowest BCUT2D eigenvalue weighted by molar-refractivity contribution is -0.0132. The highest BCUT2D eigenvalue weighted by atomic mass is 32.1. The van der Waals surface area contributed by atoms with E-state index in [4.69, 9.17) is 4.74 Å². The average molecular weight is 487 g/mol. The predicted octanol–water partition coefficient (Wildman–Crippen LogP) is 6.29. The predicted molar refractivity (Wildman–Crippen MR) is 130 cm³/mol. The molecule has 1 aromatic carbocycles. The minimum Gasteiger partial charge on any atom is -0.381 e. The van der Waals surface area contributed by atoms with E-state index in [1.54, 1.807) is 23.6 Å². The van der Waals surface area contributed by atoms with Crippen LogP contribution >= 0.6 is 22.7 Å². The van der Waals surface area contributed by atoms with Gasteiger partial charge in [0.05, 0.1) is 15.9 Å². The molecule has 0 unspecified atom stereocenters. The van der Waals surface area contributed by atoms with Gasteiger partial charge in [0.1, 0.15) is 16.0 Å². The molecule has 1 atom stereocenters. The molecule has 0 saturated carbocycles. The van der Waals surface area contributed by atoms with Crippen molar-refractivity contribution in [1.29, 1.82) is 0 Å². The highest BCUT2D eigenvalue weighted by Crippen LogP contribution is 2.50. The topological polar surface area (TPSA) is 50.3 Å². The van der Waals surface area contributed by atoms with E-state index in [9.17, 15) is 4.39 Å². The van der Waals surface area contributed by atoms with Crippen molar-refractivity contribution < 1.29 is 13.5 Å². The Bertz CT molecular complexity index is 1330. The fraction of sp³-hybridized carbons (Fsp3) is 0.417. The molecule has 0 radical (unpaired) electrons. The Morgan fingerprint density at radius 1 is 1.24 bits per heavy atom. The average Bonchev–Trinajstić information content (AvgIpc) is 3.54. The molecule has 0 amide bonds. The lowest BCUT2D eigenvalue weighted by Crippen LogP contribution is -2.50. The molecule has 0 bridgehead atoms. The minimum atomic E-state index is -0.665. The SMILES string of the molecule is CCN1CC[C@H](c2cc3c(Nc4c(F)cc5scnc5c4F)ccnc3s2)C12CCOCC2. The van der Waals surface area contributed by atoms with Crippen LogP contribution in [0.3, 0.4) is 0 Å². The van der Waals surface area contributed by atoms with E-state index in [0.29, 0.717) is 16.3 Å². The minimum absolute atomic E-state index is 0.120. The Hall–Kier alpha value is -2.20. The zero-order chi connectivity index (χ0) is 22.6. The quantitative estimate of drug-likeness (QED) is 0.368. The van der Waals surface area contributed by atoms with Gasteiger partial charge in [-0.15, -0.1) is 22.7 Å². The number of nitrogens with zero attached hydrogens (tertiary/aromatic N) is 3. The molecule has 5 nitrogen and oxygen atoms in total. The van der Waals surface area contributed by atoms with E-state index in [0.717, 1.165) is 55.8 Å². The van der Waals surface area contributed by atoms with E-state index < -0.39 is 11.6 Å². The van der Waals surface area contributed by atoms with Crippen molar-refractivity contribution >= 4 is 54.5 Å². The van der Waals surface area contributed by atoms with Gasteiger partial charge >= 0.3 is 0 Å². The second-order valence-electron chi connectivity index (χ2n) is 8.73. The van der Waals surface area contributed by atoms with Crippen molar-refractivity contribution in [1.82, 2.24) is 14.9 Å². The van der Waals surface area contributed by atoms with Gasteiger partial charge in [0.2, 0.25) is 0 Å². The molecule has 2 aliphatic heterocycles. The van der Waals surface area contributed by atoms with Gasteiger partial charge in [0.25, 0.3) is 0 Å². The molecule has 4 aromatic rings. The van der Waals surface area contributed by atoms with Crippen LogP contribution in [0.15, 0.2) is 29.9 Å². The lowest BCUT2D eigenvalue weighted by atomic mass is 9.77. The van der Waals surface area contributed by atoms with Gasteiger partial charge in [0.15, 0.2) is 11.6 Å². The Labute approximate surface area is 198 Å². The summed E-state index contributed by atoms with van der Waals surface area (Å²) in [6, 6.07) is 5.29. The first kappa shape index (κ1) is 21.3. The van der Waals surface area contributed by atoms with Gasteiger partial charge in [0, 0.05) is 41.1 Å². The van der Waals surface area contributed by atoms with Gasteiger partial charge in [-0.05, 0) is 50.6 Å². The number of hydrogen-bond acceptors (Lipinski definition) is 7. The maximum absolute atomic E-state index is 15.0. The molecule has 6 rings (SSSR count). The number of halogens is 2. The summed E-state index contributed by atoms with van der Waals surface area (Å²) in [5, 5.41) is 3.91. The monoisotopic (exact) mass is 486 g/mol. The highest BCUT2D eigenvalue weighted by molar-refractivity contribution is 7.18. The van der Waals surface area contributed by atoms with E-state index in [2.05, 4.69) is 33.2 Å². The molecular formula is C24H24F2N4OS2. The van der Waals surface area contributed by atoms with Crippen LogP contribution < -0.4 is 5.32 Å². The van der Waals surface area contributed by atoms with E-state index in [1.165, 1.54) is 27.8 Å². The molecule has 2 fully saturated rings.